The van der Waals surface area contributed by atoms with Crippen molar-refractivity contribution in [3.8, 4) is 33.6 Å². The van der Waals surface area contributed by atoms with Crippen LogP contribution in [-0.4, -0.2) is 92.6 Å². The molecule has 1 spiro atoms. The minimum absolute atomic E-state index is 0.104. The summed E-state index contributed by atoms with van der Waals surface area (Å²) in [5.41, 5.74) is 6.08. The maximum absolute atomic E-state index is 13.9. The van der Waals surface area contributed by atoms with Gasteiger partial charge in [0.15, 0.2) is 0 Å². The van der Waals surface area contributed by atoms with Gasteiger partial charge in [0, 0.05) is 18.2 Å². The number of alkyl carbamates (subject to hydrolysis) is 2. The molecule has 0 radical (unpaired) electrons. The SMILES string of the molecule is COC(=O)N[C@@H](C)C(=O)N1[C@@H]2CC[C@H](C2)[C@H]1c1ncc(-c2ccc(-c3ccc4cc(-c5cnc([C@@H]6CC7(CC7)CN6C(=O)[C@@H](NC(=O)OC)C(C)C)[nH]5)ccc4c3)cc2)[nH]1. The fourth-order valence-electron chi connectivity index (χ4n) is 9.85. The van der Waals surface area contributed by atoms with E-state index in [-0.39, 0.29) is 41.3 Å². The minimum Gasteiger partial charge on any atom is -0.453 e. The first-order valence-electron chi connectivity index (χ1n) is 21.0. The lowest BCUT2D eigenvalue weighted by Crippen LogP contribution is -2.51. The van der Waals surface area contributed by atoms with Crippen LogP contribution < -0.4 is 10.6 Å². The van der Waals surface area contributed by atoms with Gasteiger partial charge in [-0.05, 0) is 102 Å². The van der Waals surface area contributed by atoms with E-state index in [1.54, 1.807) is 6.92 Å². The fraction of sp³-hybridized carbons (Fsp3) is 0.435. The van der Waals surface area contributed by atoms with Gasteiger partial charge < -0.3 is 39.9 Å². The maximum Gasteiger partial charge on any atom is 0.407 e. The topological polar surface area (TPSA) is 175 Å². The summed E-state index contributed by atoms with van der Waals surface area (Å²) in [6.07, 6.45) is 8.41. The Balaban J connectivity index is 0.890. The second-order valence-electron chi connectivity index (χ2n) is 17.5. The van der Waals surface area contributed by atoms with Gasteiger partial charge in [-0.1, -0.05) is 62.4 Å². The first kappa shape index (κ1) is 39.3. The molecule has 14 nitrogen and oxygen atoms in total. The lowest BCUT2D eigenvalue weighted by Gasteiger charge is -2.36. The first-order chi connectivity index (χ1) is 28.9. The van der Waals surface area contributed by atoms with Gasteiger partial charge >= 0.3 is 12.2 Å². The van der Waals surface area contributed by atoms with Crippen LogP contribution in [0.25, 0.3) is 44.4 Å². The van der Waals surface area contributed by atoms with Gasteiger partial charge in [0.2, 0.25) is 11.8 Å². The Morgan fingerprint density at radius 3 is 2.03 bits per heavy atom. The number of H-pyrrole nitrogens is 2. The summed E-state index contributed by atoms with van der Waals surface area (Å²) in [5.74, 6) is 1.52. The summed E-state index contributed by atoms with van der Waals surface area (Å²) >= 11 is 0. The Labute approximate surface area is 348 Å². The van der Waals surface area contributed by atoms with Crippen LogP contribution >= 0.6 is 0 Å². The van der Waals surface area contributed by atoms with Gasteiger partial charge in [-0.2, -0.15) is 0 Å². The number of nitrogens with zero attached hydrogens (tertiary/aromatic N) is 4. The van der Waals surface area contributed by atoms with Crippen molar-refractivity contribution in [3.63, 3.8) is 0 Å². The van der Waals surface area contributed by atoms with Crippen LogP contribution in [0.15, 0.2) is 73.1 Å². The van der Waals surface area contributed by atoms with Crippen molar-refractivity contribution < 1.29 is 28.7 Å². The molecule has 5 aromatic rings. The van der Waals surface area contributed by atoms with Crippen LogP contribution in [-0.2, 0) is 19.1 Å². The molecular formula is C46H52N8O6. The molecule has 2 saturated carbocycles. The molecule has 2 aliphatic carbocycles. The summed E-state index contributed by atoms with van der Waals surface area (Å²) in [7, 11) is 2.60. The number of imidazole rings is 2. The van der Waals surface area contributed by atoms with Crippen molar-refractivity contribution in [1.82, 2.24) is 40.4 Å². The van der Waals surface area contributed by atoms with Gasteiger partial charge in [0.25, 0.3) is 0 Å². The van der Waals surface area contributed by atoms with Gasteiger partial charge in [0.05, 0.1) is 50.1 Å². The summed E-state index contributed by atoms with van der Waals surface area (Å²) in [5, 5.41) is 7.59. The van der Waals surface area contributed by atoms with E-state index in [0.29, 0.717) is 12.5 Å². The van der Waals surface area contributed by atoms with E-state index in [9.17, 15) is 19.2 Å². The molecule has 14 heteroatoms. The summed E-state index contributed by atoms with van der Waals surface area (Å²) in [6, 6.07) is 19.6. The zero-order valence-electron chi connectivity index (χ0n) is 34.7. The smallest absolute Gasteiger partial charge is 0.407 e. The van der Waals surface area contributed by atoms with E-state index in [1.807, 2.05) is 36.0 Å². The number of amides is 4. The quantitative estimate of drug-likeness (QED) is 0.112. The maximum atomic E-state index is 13.9. The number of piperidine rings is 1. The highest BCUT2D eigenvalue weighted by Crippen LogP contribution is 2.58. The molecular weight excluding hydrogens is 761 g/mol. The molecule has 3 aromatic carbocycles. The second kappa shape index (κ2) is 15.4. The molecule has 4 aliphatic rings. The predicted molar refractivity (Wildman–Crippen MR) is 225 cm³/mol. The summed E-state index contributed by atoms with van der Waals surface area (Å²) in [4.78, 5) is 71.8. The highest BCUT2D eigenvalue weighted by atomic mass is 16.5. The predicted octanol–water partition coefficient (Wildman–Crippen LogP) is 7.52. The van der Waals surface area contributed by atoms with E-state index >= 15 is 0 Å². The van der Waals surface area contributed by atoms with Crippen LogP contribution in [0.5, 0.6) is 0 Å². The number of carbonyl (C=O) groups excluding carboxylic acids is 4. The molecule has 4 fully saturated rings. The number of benzene rings is 3. The van der Waals surface area contributed by atoms with Gasteiger partial charge in [-0.15, -0.1) is 0 Å². The molecule has 2 saturated heterocycles. The molecule has 6 atom stereocenters. The normalized spacial score (nSPS) is 22.3. The van der Waals surface area contributed by atoms with Gasteiger partial charge in [0.1, 0.15) is 23.7 Å². The third-order valence-electron chi connectivity index (χ3n) is 13.3. The Bertz CT molecular complexity index is 2450. The first-order valence-corrected chi connectivity index (χ1v) is 21.0. The lowest BCUT2D eigenvalue weighted by atomic mass is 9.97. The van der Waals surface area contributed by atoms with Crippen LogP contribution in [0, 0.1) is 17.3 Å². The Hall–Kier alpha value is -6.18. The van der Waals surface area contributed by atoms with E-state index < -0.39 is 24.3 Å². The Kier molecular flexibility index (Phi) is 10.1. The Morgan fingerprint density at radius 2 is 1.35 bits per heavy atom. The number of fused-ring (bicyclic) bond motifs is 3. The molecule has 2 aliphatic heterocycles. The molecule has 312 valence electrons. The summed E-state index contributed by atoms with van der Waals surface area (Å²) < 4.78 is 9.54. The molecule has 2 aromatic heterocycles. The molecule has 4 N–H and O–H groups in total. The van der Waals surface area contributed by atoms with Crippen molar-refractivity contribution in [3.05, 3.63) is 84.7 Å². The third kappa shape index (κ3) is 7.26. The highest BCUT2D eigenvalue weighted by molar-refractivity contribution is 5.91. The number of rotatable bonds is 10. The molecule has 4 amide bonds. The zero-order valence-corrected chi connectivity index (χ0v) is 34.7. The standard InChI is InChI=1S/C46H52N8O6/c1-25(2)38(52-45(58)60-5)43(56)53-24-46(16-17-46)21-37(53)40-47-23-36(50-40)32-13-12-30-18-29(10-11-31(30)19-32)27-6-8-28(9-7-27)35-22-48-41(51-35)39-33-14-15-34(20-33)54(39)42(55)26(3)49-44(57)59-4/h6-13,18-19,22-23,25-26,33-34,37-39H,14-17,20-21,24H2,1-5H3,(H,47,50)(H,48,51)(H,49,57)(H,52,58)/t26-,33+,34+,37-,38-,39-/m0/s1. The Morgan fingerprint density at radius 1 is 0.750 bits per heavy atom. The molecule has 9 rings (SSSR count). The average molecular weight is 813 g/mol. The molecule has 4 heterocycles. The molecule has 0 unspecified atom stereocenters. The van der Waals surface area contributed by atoms with Crippen molar-refractivity contribution in [2.45, 2.75) is 89.5 Å². The fourth-order valence-corrected chi connectivity index (χ4v) is 9.85. The van der Waals surface area contributed by atoms with Crippen LogP contribution in [0.2, 0.25) is 0 Å². The average Bonchev–Trinajstić information content (AvgIpc) is 3.89. The number of carbonyl (C=O) groups is 4. The number of ether oxygens (including phenoxy) is 2. The number of likely N-dealkylation sites (tertiary alicyclic amines) is 2. The number of aromatic nitrogens is 4. The van der Waals surface area contributed by atoms with Gasteiger partial charge in [-0.25, -0.2) is 19.6 Å². The molecule has 60 heavy (non-hydrogen) atoms. The highest BCUT2D eigenvalue weighted by Gasteiger charge is 2.55. The summed E-state index contributed by atoms with van der Waals surface area (Å²) in [6.45, 7) is 6.20. The van der Waals surface area contributed by atoms with Crippen LogP contribution in [0.4, 0.5) is 9.59 Å². The van der Waals surface area contributed by atoms with Crippen LogP contribution in [0.3, 0.4) is 0 Å². The monoisotopic (exact) mass is 812 g/mol. The number of hydrogen-bond acceptors (Lipinski definition) is 8. The second-order valence-corrected chi connectivity index (χ2v) is 17.5. The molecule has 2 bridgehead atoms. The number of hydrogen-bond donors (Lipinski definition) is 4. The van der Waals surface area contributed by atoms with Gasteiger partial charge in [-0.3, -0.25) is 9.59 Å². The van der Waals surface area contributed by atoms with E-state index in [4.69, 9.17) is 19.4 Å². The zero-order chi connectivity index (χ0) is 41.9. The van der Waals surface area contributed by atoms with Crippen molar-refractivity contribution >= 4 is 34.8 Å². The van der Waals surface area contributed by atoms with E-state index in [1.165, 1.54) is 14.2 Å². The third-order valence-corrected chi connectivity index (χ3v) is 13.3. The van der Waals surface area contributed by atoms with Crippen LogP contribution in [0.1, 0.15) is 83.0 Å². The minimum atomic E-state index is -0.700. The van der Waals surface area contributed by atoms with Crippen molar-refractivity contribution in [1.29, 1.82) is 0 Å². The van der Waals surface area contributed by atoms with Crippen molar-refractivity contribution in [2.75, 3.05) is 20.8 Å². The number of aromatic amines is 2. The van der Waals surface area contributed by atoms with E-state index in [0.717, 1.165) is 94.6 Å². The number of nitrogens with one attached hydrogen (secondary N) is 4. The van der Waals surface area contributed by atoms with Crippen molar-refractivity contribution in [2.24, 2.45) is 17.3 Å². The number of methoxy groups -OCH3 is 2. The largest absolute Gasteiger partial charge is 0.453 e. The van der Waals surface area contributed by atoms with E-state index in [2.05, 4.69) is 81.3 Å². The lowest BCUT2D eigenvalue weighted by molar-refractivity contribution is -0.138.